The Morgan fingerprint density at radius 1 is 1.38 bits per heavy atom. The Bertz CT molecular complexity index is 349. The number of nitrogens with one attached hydrogen (secondary N) is 1. The molecule has 94 valence electrons. The van der Waals surface area contributed by atoms with E-state index in [4.69, 9.17) is 5.11 Å². The topological polar surface area (TPSA) is 101 Å². The molecule has 0 rings (SSSR count). The summed E-state index contributed by atoms with van der Waals surface area (Å²) < 4.78 is 22.9. The van der Waals surface area contributed by atoms with E-state index in [1.807, 2.05) is 6.92 Å². The lowest BCUT2D eigenvalue weighted by molar-refractivity contribution is -0.140. The van der Waals surface area contributed by atoms with E-state index in [9.17, 15) is 18.0 Å². The second kappa shape index (κ2) is 6.47. The third-order valence-corrected chi connectivity index (χ3v) is 3.66. The fourth-order valence-electron chi connectivity index (χ4n) is 1.12. The quantitative estimate of drug-likeness (QED) is 0.652. The number of sulfone groups is 1. The van der Waals surface area contributed by atoms with Crippen molar-refractivity contribution in [2.75, 3.05) is 11.5 Å². The van der Waals surface area contributed by atoms with Crippen LogP contribution < -0.4 is 5.32 Å². The second-order valence-electron chi connectivity index (χ2n) is 3.56. The normalized spacial score (nSPS) is 13.1. The Balaban J connectivity index is 4.50. The standard InChI is InChI=1S/C9H17NO5S/c1-3-4-5-16(14,15)6-8(9(12)13)10-7(2)11/h8H,3-6H2,1-2H3,(H,10,11)(H,12,13)/t8-/m0/s1. The predicted octanol–water partition coefficient (Wildman–Crippen LogP) is -0.209. The van der Waals surface area contributed by atoms with Crippen LogP contribution in [0, 0.1) is 0 Å². The lowest BCUT2D eigenvalue weighted by Crippen LogP contribution is -2.44. The van der Waals surface area contributed by atoms with Crippen molar-refractivity contribution >= 4 is 21.7 Å². The van der Waals surface area contributed by atoms with E-state index in [1.165, 1.54) is 0 Å². The number of aliphatic carboxylic acids is 1. The van der Waals surface area contributed by atoms with E-state index in [1.54, 1.807) is 0 Å². The van der Waals surface area contributed by atoms with Crippen molar-refractivity contribution < 1.29 is 23.1 Å². The van der Waals surface area contributed by atoms with Crippen LogP contribution in [0.2, 0.25) is 0 Å². The molecule has 0 aromatic heterocycles. The van der Waals surface area contributed by atoms with Gasteiger partial charge in [0.15, 0.2) is 9.84 Å². The summed E-state index contributed by atoms with van der Waals surface area (Å²) >= 11 is 0. The van der Waals surface area contributed by atoms with Crippen LogP contribution in [0.1, 0.15) is 26.7 Å². The van der Waals surface area contributed by atoms with E-state index < -0.39 is 33.5 Å². The molecule has 0 aliphatic heterocycles. The second-order valence-corrected chi connectivity index (χ2v) is 5.79. The fourth-order valence-corrected chi connectivity index (χ4v) is 2.75. The first-order valence-corrected chi connectivity index (χ1v) is 6.81. The van der Waals surface area contributed by atoms with Crippen molar-refractivity contribution in [2.45, 2.75) is 32.7 Å². The lowest BCUT2D eigenvalue weighted by atomic mass is 10.3. The van der Waals surface area contributed by atoms with Crippen LogP contribution in [0.3, 0.4) is 0 Å². The largest absolute Gasteiger partial charge is 0.480 e. The molecule has 0 aromatic rings. The highest BCUT2D eigenvalue weighted by Gasteiger charge is 2.25. The first-order chi connectivity index (χ1) is 7.28. The van der Waals surface area contributed by atoms with Gasteiger partial charge in [0.2, 0.25) is 5.91 Å². The molecule has 0 saturated heterocycles. The van der Waals surface area contributed by atoms with Gasteiger partial charge in [0.1, 0.15) is 6.04 Å². The molecule has 0 unspecified atom stereocenters. The molecular formula is C9H17NO5S. The van der Waals surface area contributed by atoms with Crippen molar-refractivity contribution in [3.8, 4) is 0 Å². The van der Waals surface area contributed by atoms with Gasteiger partial charge in [-0.1, -0.05) is 13.3 Å². The summed E-state index contributed by atoms with van der Waals surface area (Å²) in [6.07, 6.45) is 1.21. The zero-order valence-electron chi connectivity index (χ0n) is 9.39. The molecule has 7 heteroatoms. The molecule has 6 nitrogen and oxygen atoms in total. The first kappa shape index (κ1) is 14.9. The minimum atomic E-state index is -3.43. The van der Waals surface area contributed by atoms with Crippen LogP contribution >= 0.6 is 0 Å². The molecule has 0 saturated carbocycles. The third kappa shape index (κ3) is 6.39. The number of carboxylic acid groups (broad SMARTS) is 1. The first-order valence-electron chi connectivity index (χ1n) is 4.99. The Labute approximate surface area is 95.0 Å². The van der Waals surface area contributed by atoms with Gasteiger partial charge in [0.05, 0.1) is 11.5 Å². The summed E-state index contributed by atoms with van der Waals surface area (Å²) in [5, 5.41) is 10.8. The molecule has 2 N–H and O–H groups in total. The SMILES string of the molecule is CCCCS(=O)(=O)C[C@H](NC(C)=O)C(=O)O. The predicted molar refractivity (Wildman–Crippen MR) is 58.8 cm³/mol. The fraction of sp³-hybridized carbons (Fsp3) is 0.778. The molecule has 0 bridgehead atoms. The molecule has 0 aliphatic rings. The van der Waals surface area contributed by atoms with Gasteiger partial charge in [-0.15, -0.1) is 0 Å². The third-order valence-electron chi connectivity index (χ3n) is 1.91. The summed E-state index contributed by atoms with van der Waals surface area (Å²) in [4.78, 5) is 21.4. The van der Waals surface area contributed by atoms with Gasteiger partial charge in [-0.3, -0.25) is 4.79 Å². The van der Waals surface area contributed by atoms with Crippen molar-refractivity contribution in [3.05, 3.63) is 0 Å². The molecule has 0 heterocycles. The minimum Gasteiger partial charge on any atom is -0.480 e. The van der Waals surface area contributed by atoms with Crippen molar-refractivity contribution in [2.24, 2.45) is 0 Å². The highest BCUT2D eigenvalue weighted by Crippen LogP contribution is 2.00. The van der Waals surface area contributed by atoms with Crippen LogP contribution in [-0.4, -0.2) is 42.9 Å². The highest BCUT2D eigenvalue weighted by atomic mass is 32.2. The van der Waals surface area contributed by atoms with Crippen LogP contribution in [0.4, 0.5) is 0 Å². The average molecular weight is 251 g/mol. The summed E-state index contributed by atoms with van der Waals surface area (Å²) in [7, 11) is -3.43. The maximum absolute atomic E-state index is 11.5. The van der Waals surface area contributed by atoms with Gasteiger partial charge in [-0.25, -0.2) is 13.2 Å². The van der Waals surface area contributed by atoms with Gasteiger partial charge in [0, 0.05) is 6.92 Å². The lowest BCUT2D eigenvalue weighted by Gasteiger charge is -2.13. The smallest absolute Gasteiger partial charge is 0.327 e. The van der Waals surface area contributed by atoms with Gasteiger partial charge in [0.25, 0.3) is 0 Å². The monoisotopic (exact) mass is 251 g/mol. The van der Waals surface area contributed by atoms with Gasteiger partial charge >= 0.3 is 5.97 Å². The number of rotatable bonds is 7. The number of carbonyl (C=O) groups excluding carboxylic acids is 1. The minimum absolute atomic E-state index is 0.0487. The number of hydrogen-bond acceptors (Lipinski definition) is 4. The van der Waals surface area contributed by atoms with Crippen LogP contribution in [0.5, 0.6) is 0 Å². The summed E-state index contributed by atoms with van der Waals surface area (Å²) in [6, 6.07) is -1.36. The molecule has 0 aromatic carbocycles. The van der Waals surface area contributed by atoms with Crippen molar-refractivity contribution in [1.29, 1.82) is 0 Å². The van der Waals surface area contributed by atoms with E-state index in [-0.39, 0.29) is 5.75 Å². The number of carbonyl (C=O) groups is 2. The molecule has 0 fully saturated rings. The average Bonchev–Trinajstić information content (AvgIpc) is 2.12. The van der Waals surface area contributed by atoms with Crippen LogP contribution in [0.25, 0.3) is 0 Å². The molecule has 1 atom stereocenters. The van der Waals surface area contributed by atoms with Crippen molar-refractivity contribution in [3.63, 3.8) is 0 Å². The maximum atomic E-state index is 11.5. The number of hydrogen-bond donors (Lipinski definition) is 2. The molecule has 1 amide bonds. The van der Waals surface area contributed by atoms with E-state index in [0.29, 0.717) is 6.42 Å². The Kier molecular flexibility index (Phi) is 6.02. The van der Waals surface area contributed by atoms with Crippen LogP contribution in [0.15, 0.2) is 0 Å². The Morgan fingerprint density at radius 2 is 1.94 bits per heavy atom. The highest BCUT2D eigenvalue weighted by molar-refractivity contribution is 7.91. The van der Waals surface area contributed by atoms with E-state index >= 15 is 0 Å². The van der Waals surface area contributed by atoms with Gasteiger partial charge in [-0.2, -0.15) is 0 Å². The van der Waals surface area contributed by atoms with Gasteiger partial charge < -0.3 is 10.4 Å². The van der Waals surface area contributed by atoms with Crippen LogP contribution in [-0.2, 0) is 19.4 Å². The zero-order chi connectivity index (χ0) is 12.8. The van der Waals surface area contributed by atoms with E-state index in [2.05, 4.69) is 5.32 Å². The number of carboxylic acids is 1. The molecular weight excluding hydrogens is 234 g/mol. The summed E-state index contributed by atoms with van der Waals surface area (Å²) in [5.41, 5.74) is 0. The number of unbranched alkanes of at least 4 members (excludes halogenated alkanes) is 1. The van der Waals surface area contributed by atoms with Crippen molar-refractivity contribution in [1.82, 2.24) is 5.32 Å². The Morgan fingerprint density at radius 3 is 2.31 bits per heavy atom. The summed E-state index contributed by atoms with van der Waals surface area (Å²) in [5.74, 6) is -2.50. The maximum Gasteiger partial charge on any atom is 0.327 e. The molecule has 0 spiro atoms. The summed E-state index contributed by atoms with van der Waals surface area (Å²) in [6.45, 7) is 2.99. The molecule has 0 aliphatic carbocycles. The van der Waals surface area contributed by atoms with E-state index in [0.717, 1.165) is 13.3 Å². The molecule has 0 radical (unpaired) electrons. The number of amides is 1. The molecule has 16 heavy (non-hydrogen) atoms. The zero-order valence-corrected chi connectivity index (χ0v) is 10.2. The van der Waals surface area contributed by atoms with Gasteiger partial charge in [-0.05, 0) is 6.42 Å². The Hall–Kier alpha value is -1.11.